The summed E-state index contributed by atoms with van der Waals surface area (Å²) < 4.78 is 5.45. The lowest BCUT2D eigenvalue weighted by atomic mass is 10.1. The van der Waals surface area contributed by atoms with E-state index in [2.05, 4.69) is 31.5 Å². The Bertz CT molecular complexity index is 707. The number of hydrogen-bond acceptors (Lipinski definition) is 5. The first kappa shape index (κ1) is 16.2. The van der Waals surface area contributed by atoms with E-state index in [-0.39, 0.29) is 11.9 Å². The molecule has 1 amide bonds. The van der Waals surface area contributed by atoms with Gasteiger partial charge in [0, 0.05) is 43.6 Å². The second-order valence-corrected chi connectivity index (χ2v) is 6.64. The van der Waals surface area contributed by atoms with E-state index in [0.717, 1.165) is 37.6 Å². The molecule has 3 heterocycles. The number of amides is 1. The lowest BCUT2D eigenvalue weighted by molar-refractivity contribution is 0.0161. The summed E-state index contributed by atoms with van der Waals surface area (Å²) in [4.78, 5) is 19.0. The first-order valence-corrected chi connectivity index (χ1v) is 8.86. The highest BCUT2D eigenvalue weighted by Crippen LogP contribution is 2.38. The van der Waals surface area contributed by atoms with Crippen molar-refractivity contribution in [2.24, 2.45) is 0 Å². The predicted octanol–water partition coefficient (Wildman–Crippen LogP) is 1.49. The Morgan fingerprint density at radius 1 is 1.40 bits per heavy atom. The SMILES string of the molecule is O=C(NCC(c1cccnc1)N1CCOCC1)c1cc(C2CC2)[nH]n1. The van der Waals surface area contributed by atoms with Gasteiger partial charge in [0.15, 0.2) is 0 Å². The molecule has 0 bridgehead atoms. The van der Waals surface area contributed by atoms with Crippen molar-refractivity contribution in [2.45, 2.75) is 24.8 Å². The fraction of sp³-hybridized carbons (Fsp3) is 0.500. The molecule has 25 heavy (non-hydrogen) atoms. The van der Waals surface area contributed by atoms with Crippen molar-refractivity contribution in [1.29, 1.82) is 0 Å². The minimum Gasteiger partial charge on any atom is -0.379 e. The summed E-state index contributed by atoms with van der Waals surface area (Å²) in [6.45, 7) is 3.66. The number of rotatable bonds is 6. The second-order valence-electron chi connectivity index (χ2n) is 6.64. The fourth-order valence-electron chi connectivity index (χ4n) is 3.26. The average Bonchev–Trinajstić information content (AvgIpc) is 3.40. The average molecular weight is 341 g/mol. The van der Waals surface area contributed by atoms with Gasteiger partial charge in [-0.25, -0.2) is 0 Å². The van der Waals surface area contributed by atoms with Crippen molar-refractivity contribution in [3.63, 3.8) is 0 Å². The van der Waals surface area contributed by atoms with E-state index < -0.39 is 0 Å². The number of morpholine rings is 1. The summed E-state index contributed by atoms with van der Waals surface area (Å²) in [6, 6.07) is 5.95. The molecule has 2 aromatic rings. The quantitative estimate of drug-likeness (QED) is 0.832. The smallest absolute Gasteiger partial charge is 0.271 e. The lowest BCUT2D eigenvalue weighted by Crippen LogP contribution is -2.43. The minimum absolute atomic E-state index is 0.0865. The minimum atomic E-state index is -0.134. The number of nitrogens with one attached hydrogen (secondary N) is 2. The summed E-state index contributed by atoms with van der Waals surface area (Å²) in [6.07, 6.45) is 6.00. The van der Waals surface area contributed by atoms with Crippen LogP contribution in [0.25, 0.3) is 0 Å². The Kier molecular flexibility index (Phi) is 4.76. The molecule has 2 fully saturated rings. The Morgan fingerprint density at radius 2 is 2.24 bits per heavy atom. The van der Waals surface area contributed by atoms with Gasteiger partial charge in [0.05, 0.1) is 19.3 Å². The topological polar surface area (TPSA) is 83.1 Å². The van der Waals surface area contributed by atoms with Crippen LogP contribution in [0.1, 0.15) is 46.5 Å². The van der Waals surface area contributed by atoms with E-state index in [0.29, 0.717) is 18.2 Å². The van der Waals surface area contributed by atoms with Gasteiger partial charge in [0.1, 0.15) is 5.69 Å². The van der Waals surface area contributed by atoms with Gasteiger partial charge in [0.25, 0.3) is 5.91 Å². The van der Waals surface area contributed by atoms with Crippen LogP contribution in [-0.2, 0) is 4.74 Å². The van der Waals surface area contributed by atoms with Gasteiger partial charge in [-0.1, -0.05) is 6.07 Å². The van der Waals surface area contributed by atoms with Crippen molar-refractivity contribution in [3.8, 4) is 0 Å². The number of hydrogen-bond donors (Lipinski definition) is 2. The van der Waals surface area contributed by atoms with Crippen molar-refractivity contribution < 1.29 is 9.53 Å². The van der Waals surface area contributed by atoms with Crippen molar-refractivity contribution in [3.05, 3.63) is 47.5 Å². The molecule has 7 heteroatoms. The normalized spacial score (nSPS) is 19.5. The van der Waals surface area contributed by atoms with E-state index in [9.17, 15) is 4.79 Å². The molecule has 1 saturated heterocycles. The third kappa shape index (κ3) is 3.88. The number of H-pyrrole nitrogens is 1. The summed E-state index contributed by atoms with van der Waals surface area (Å²) >= 11 is 0. The zero-order chi connectivity index (χ0) is 17.1. The zero-order valence-electron chi connectivity index (χ0n) is 14.1. The number of ether oxygens (including phenoxy) is 1. The van der Waals surface area contributed by atoms with Crippen LogP contribution in [0.3, 0.4) is 0 Å². The fourth-order valence-corrected chi connectivity index (χ4v) is 3.26. The van der Waals surface area contributed by atoms with E-state index in [1.807, 2.05) is 18.3 Å². The third-order valence-electron chi connectivity index (χ3n) is 4.86. The standard InChI is InChI=1S/C18H23N5O2/c24-18(16-10-15(21-22-16)13-3-4-13)20-12-17(14-2-1-5-19-11-14)23-6-8-25-9-7-23/h1-2,5,10-11,13,17H,3-4,6-9,12H2,(H,20,24)(H,21,22). The summed E-state index contributed by atoms with van der Waals surface area (Å²) in [5.41, 5.74) is 2.64. The van der Waals surface area contributed by atoms with Gasteiger partial charge in [0.2, 0.25) is 0 Å². The van der Waals surface area contributed by atoms with Crippen LogP contribution in [0.15, 0.2) is 30.6 Å². The maximum atomic E-state index is 12.5. The molecule has 1 aliphatic carbocycles. The first-order valence-electron chi connectivity index (χ1n) is 8.86. The van der Waals surface area contributed by atoms with Crippen LogP contribution in [0.2, 0.25) is 0 Å². The third-order valence-corrected chi connectivity index (χ3v) is 4.86. The van der Waals surface area contributed by atoms with Crippen LogP contribution >= 0.6 is 0 Å². The van der Waals surface area contributed by atoms with Gasteiger partial charge in [-0.05, 0) is 30.5 Å². The molecular weight excluding hydrogens is 318 g/mol. The van der Waals surface area contributed by atoms with Gasteiger partial charge >= 0.3 is 0 Å². The number of carbonyl (C=O) groups is 1. The van der Waals surface area contributed by atoms with Crippen LogP contribution < -0.4 is 5.32 Å². The molecule has 2 aliphatic rings. The molecule has 7 nitrogen and oxygen atoms in total. The van der Waals surface area contributed by atoms with E-state index in [4.69, 9.17) is 4.74 Å². The monoisotopic (exact) mass is 341 g/mol. The maximum Gasteiger partial charge on any atom is 0.271 e. The van der Waals surface area contributed by atoms with Gasteiger partial charge in [-0.2, -0.15) is 5.10 Å². The highest BCUT2D eigenvalue weighted by Gasteiger charge is 2.27. The highest BCUT2D eigenvalue weighted by atomic mass is 16.5. The maximum absolute atomic E-state index is 12.5. The molecule has 2 N–H and O–H groups in total. The molecule has 0 aromatic carbocycles. The predicted molar refractivity (Wildman–Crippen MR) is 92.3 cm³/mol. The van der Waals surface area contributed by atoms with Crippen LogP contribution in [0, 0.1) is 0 Å². The Labute approximate surface area is 146 Å². The highest BCUT2D eigenvalue weighted by molar-refractivity contribution is 5.92. The zero-order valence-corrected chi connectivity index (χ0v) is 14.1. The number of pyridine rings is 1. The number of carbonyl (C=O) groups excluding carboxylic acids is 1. The van der Waals surface area contributed by atoms with Gasteiger partial charge < -0.3 is 10.1 Å². The number of aromatic nitrogens is 3. The van der Waals surface area contributed by atoms with Gasteiger partial charge in [-0.3, -0.25) is 19.8 Å². The molecule has 2 aromatic heterocycles. The summed E-state index contributed by atoms with van der Waals surface area (Å²) in [7, 11) is 0. The van der Waals surface area contributed by atoms with E-state index in [1.54, 1.807) is 6.20 Å². The van der Waals surface area contributed by atoms with E-state index >= 15 is 0 Å². The molecule has 4 rings (SSSR count). The number of aromatic amines is 1. The largest absolute Gasteiger partial charge is 0.379 e. The molecule has 1 saturated carbocycles. The van der Waals surface area contributed by atoms with Crippen molar-refractivity contribution >= 4 is 5.91 Å². The molecule has 1 atom stereocenters. The lowest BCUT2D eigenvalue weighted by Gasteiger charge is -2.34. The van der Waals surface area contributed by atoms with Crippen molar-refractivity contribution in [1.82, 2.24) is 25.4 Å². The molecule has 0 spiro atoms. The molecule has 1 aliphatic heterocycles. The van der Waals surface area contributed by atoms with Crippen LogP contribution in [-0.4, -0.2) is 58.8 Å². The molecular formula is C18H23N5O2. The Morgan fingerprint density at radius 3 is 2.96 bits per heavy atom. The summed E-state index contributed by atoms with van der Waals surface area (Å²) in [5, 5.41) is 10.2. The van der Waals surface area contributed by atoms with Crippen molar-refractivity contribution in [2.75, 3.05) is 32.8 Å². The Hall–Kier alpha value is -2.25. The van der Waals surface area contributed by atoms with Crippen LogP contribution in [0.5, 0.6) is 0 Å². The Balaban J connectivity index is 1.43. The van der Waals surface area contributed by atoms with Crippen LogP contribution in [0.4, 0.5) is 0 Å². The first-order chi connectivity index (χ1) is 12.3. The number of nitrogens with zero attached hydrogens (tertiary/aromatic N) is 3. The van der Waals surface area contributed by atoms with Gasteiger partial charge in [-0.15, -0.1) is 0 Å². The molecule has 0 radical (unpaired) electrons. The second kappa shape index (κ2) is 7.33. The molecule has 1 unspecified atom stereocenters. The summed E-state index contributed by atoms with van der Waals surface area (Å²) in [5.74, 6) is 0.427. The van der Waals surface area contributed by atoms with E-state index in [1.165, 1.54) is 12.8 Å². The molecule has 132 valence electrons.